The molecular weight excluding hydrogens is 484 g/mol. The number of hydrogen-bond donors (Lipinski definition) is 1. The maximum atomic E-state index is 11.6. The van der Waals surface area contributed by atoms with Gasteiger partial charge in [-0.15, -0.1) is 5.10 Å². The third-order valence-electron chi connectivity index (χ3n) is 6.16. The molecule has 1 aliphatic heterocycles. The number of hydrogen-bond acceptors (Lipinski definition) is 10. The molecule has 38 heavy (non-hydrogen) atoms. The Balaban J connectivity index is 1.29. The lowest BCUT2D eigenvalue weighted by atomic mass is 10.1. The predicted molar refractivity (Wildman–Crippen MR) is 141 cm³/mol. The number of nitriles is 1. The van der Waals surface area contributed by atoms with Gasteiger partial charge in [0.05, 0.1) is 24.6 Å². The summed E-state index contributed by atoms with van der Waals surface area (Å²) in [4.78, 5) is 22.9. The Hall–Kier alpha value is -4.30. The topological polar surface area (TPSA) is 131 Å². The Labute approximate surface area is 222 Å². The van der Waals surface area contributed by atoms with Crippen molar-refractivity contribution in [1.82, 2.24) is 29.9 Å². The Morgan fingerprint density at radius 3 is 2.74 bits per heavy atom. The normalized spacial score (nSPS) is 14.4. The van der Waals surface area contributed by atoms with E-state index in [4.69, 9.17) is 14.7 Å². The number of aryl methyl sites for hydroxylation is 2. The molecule has 1 aromatic carbocycles. The largest absolute Gasteiger partial charge is 0.465 e. The van der Waals surface area contributed by atoms with Gasteiger partial charge in [0.1, 0.15) is 12.3 Å². The summed E-state index contributed by atoms with van der Waals surface area (Å²) in [5, 5.41) is 20.4. The molecule has 1 aliphatic rings. The lowest BCUT2D eigenvalue weighted by Crippen LogP contribution is -2.39. The number of likely N-dealkylation sites (tertiary alicyclic amines) is 1. The number of nitrogens with zero attached hydrogens (tertiary/aromatic N) is 7. The first kappa shape index (κ1) is 26.8. The van der Waals surface area contributed by atoms with Gasteiger partial charge in [-0.25, -0.2) is 9.67 Å². The van der Waals surface area contributed by atoms with Gasteiger partial charge in [-0.3, -0.25) is 9.69 Å². The summed E-state index contributed by atoms with van der Waals surface area (Å²) in [5.74, 6) is 1.43. The SMILES string of the molecule is CCOC(=O)Cn1cc(CN2CCC(Nc3nccc(Oc4c(C)cc(/C=C/C#N)cc4C)n3)CC2)nn1. The van der Waals surface area contributed by atoms with Crippen LogP contribution in [0.1, 0.15) is 42.1 Å². The van der Waals surface area contributed by atoms with E-state index in [0.717, 1.165) is 54.1 Å². The first-order valence-electron chi connectivity index (χ1n) is 12.6. The van der Waals surface area contributed by atoms with E-state index in [1.165, 1.54) is 10.8 Å². The summed E-state index contributed by atoms with van der Waals surface area (Å²) in [6.45, 7) is 8.61. The number of ether oxygens (including phenoxy) is 2. The maximum absolute atomic E-state index is 11.6. The smallest absolute Gasteiger partial charge is 0.327 e. The number of esters is 1. The molecule has 3 aromatic rings. The Bertz CT molecular complexity index is 1300. The van der Waals surface area contributed by atoms with Crippen molar-refractivity contribution >= 4 is 18.0 Å². The van der Waals surface area contributed by atoms with Gasteiger partial charge in [0.2, 0.25) is 11.8 Å². The molecule has 4 rings (SSSR count). The van der Waals surface area contributed by atoms with Crippen LogP contribution in [-0.4, -0.2) is 61.6 Å². The molecule has 0 radical (unpaired) electrons. The molecule has 1 N–H and O–H groups in total. The van der Waals surface area contributed by atoms with Crippen LogP contribution in [0.2, 0.25) is 0 Å². The van der Waals surface area contributed by atoms with Crippen LogP contribution < -0.4 is 10.1 Å². The van der Waals surface area contributed by atoms with Crippen molar-refractivity contribution in [2.24, 2.45) is 0 Å². The molecule has 1 saturated heterocycles. The monoisotopic (exact) mass is 516 g/mol. The van der Waals surface area contributed by atoms with E-state index in [2.05, 4.69) is 30.5 Å². The summed E-state index contributed by atoms with van der Waals surface area (Å²) < 4.78 is 12.6. The number of anilines is 1. The summed E-state index contributed by atoms with van der Waals surface area (Å²) in [6.07, 6.45) is 8.58. The van der Waals surface area contributed by atoms with Crippen LogP contribution in [0.15, 0.2) is 36.7 Å². The molecule has 0 spiro atoms. The lowest BCUT2D eigenvalue weighted by molar-refractivity contribution is -0.144. The maximum Gasteiger partial charge on any atom is 0.327 e. The first-order chi connectivity index (χ1) is 18.4. The second kappa shape index (κ2) is 12.8. The van der Waals surface area contributed by atoms with Crippen LogP contribution in [0, 0.1) is 25.2 Å². The van der Waals surface area contributed by atoms with Crippen LogP contribution in [0.3, 0.4) is 0 Å². The van der Waals surface area contributed by atoms with Crippen molar-refractivity contribution in [3.8, 4) is 17.7 Å². The third-order valence-corrected chi connectivity index (χ3v) is 6.16. The van der Waals surface area contributed by atoms with Crippen LogP contribution in [0.25, 0.3) is 6.08 Å². The van der Waals surface area contributed by atoms with Crippen molar-refractivity contribution < 1.29 is 14.3 Å². The lowest BCUT2D eigenvalue weighted by Gasteiger charge is -2.31. The molecule has 0 bridgehead atoms. The van der Waals surface area contributed by atoms with E-state index in [1.54, 1.807) is 31.5 Å². The Morgan fingerprint density at radius 1 is 1.26 bits per heavy atom. The third kappa shape index (κ3) is 7.36. The minimum atomic E-state index is -0.319. The Kier molecular flexibility index (Phi) is 9.00. The number of piperidine rings is 1. The van der Waals surface area contributed by atoms with Crippen molar-refractivity contribution in [1.29, 1.82) is 5.26 Å². The predicted octanol–water partition coefficient (Wildman–Crippen LogP) is 3.65. The molecule has 0 atom stereocenters. The average Bonchev–Trinajstić information content (AvgIpc) is 3.33. The molecule has 1 fully saturated rings. The number of carbonyl (C=O) groups is 1. The summed E-state index contributed by atoms with van der Waals surface area (Å²) in [7, 11) is 0. The van der Waals surface area contributed by atoms with Gasteiger partial charge in [-0.1, -0.05) is 5.21 Å². The zero-order valence-corrected chi connectivity index (χ0v) is 21.9. The van der Waals surface area contributed by atoms with Gasteiger partial charge in [-0.05, 0) is 68.5 Å². The molecule has 0 saturated carbocycles. The van der Waals surface area contributed by atoms with Gasteiger partial charge in [-0.2, -0.15) is 10.2 Å². The summed E-state index contributed by atoms with van der Waals surface area (Å²) >= 11 is 0. The minimum absolute atomic E-state index is 0.0692. The first-order valence-corrected chi connectivity index (χ1v) is 12.6. The van der Waals surface area contributed by atoms with Gasteiger partial charge < -0.3 is 14.8 Å². The van der Waals surface area contributed by atoms with Crippen LogP contribution >= 0.6 is 0 Å². The van der Waals surface area contributed by atoms with Crippen LogP contribution in [0.5, 0.6) is 11.6 Å². The molecule has 3 heterocycles. The average molecular weight is 517 g/mol. The van der Waals surface area contributed by atoms with Crippen LogP contribution in [0.4, 0.5) is 5.95 Å². The van der Waals surface area contributed by atoms with Crippen molar-refractivity contribution in [3.63, 3.8) is 0 Å². The standard InChI is InChI=1S/C27H32N8O3/c1-4-37-25(36)18-35-17-23(32-33-35)16-34-12-8-22(9-13-34)30-27-29-11-7-24(31-27)38-26-19(2)14-21(6-5-10-28)15-20(26)3/h5-7,11,14-15,17,22H,4,8-9,12-13,16,18H2,1-3H3,(H,29,30,31)/b6-5+. The quantitative estimate of drug-likeness (QED) is 0.315. The van der Waals surface area contributed by atoms with Gasteiger partial charge in [0.25, 0.3) is 0 Å². The molecule has 198 valence electrons. The fraction of sp³-hybridized carbons (Fsp3) is 0.407. The van der Waals surface area contributed by atoms with Crippen molar-refractivity contribution in [2.45, 2.75) is 52.7 Å². The second-order valence-corrected chi connectivity index (χ2v) is 9.17. The number of carbonyl (C=O) groups excluding carboxylic acids is 1. The van der Waals surface area contributed by atoms with E-state index >= 15 is 0 Å². The highest BCUT2D eigenvalue weighted by Gasteiger charge is 2.21. The highest BCUT2D eigenvalue weighted by atomic mass is 16.5. The fourth-order valence-electron chi connectivity index (χ4n) is 4.42. The van der Waals surface area contributed by atoms with E-state index in [-0.39, 0.29) is 18.6 Å². The number of nitrogens with one attached hydrogen (secondary N) is 1. The van der Waals surface area contributed by atoms with E-state index in [1.807, 2.05) is 32.0 Å². The summed E-state index contributed by atoms with van der Waals surface area (Å²) in [5.41, 5.74) is 3.70. The molecular formula is C27H32N8O3. The number of aromatic nitrogens is 5. The number of rotatable bonds is 10. The summed E-state index contributed by atoms with van der Waals surface area (Å²) in [6, 6.07) is 7.96. The second-order valence-electron chi connectivity index (χ2n) is 9.17. The highest BCUT2D eigenvalue weighted by Crippen LogP contribution is 2.30. The number of allylic oxidation sites excluding steroid dienone is 1. The molecule has 11 heteroatoms. The van der Waals surface area contributed by atoms with Crippen molar-refractivity contribution in [3.05, 3.63) is 59.1 Å². The van der Waals surface area contributed by atoms with E-state index < -0.39 is 0 Å². The zero-order valence-electron chi connectivity index (χ0n) is 21.9. The van der Waals surface area contributed by atoms with Gasteiger partial charge in [0, 0.05) is 44.0 Å². The highest BCUT2D eigenvalue weighted by molar-refractivity contribution is 5.68. The molecule has 0 aliphatic carbocycles. The zero-order chi connectivity index (χ0) is 26.9. The molecule has 11 nitrogen and oxygen atoms in total. The number of benzene rings is 1. The van der Waals surface area contributed by atoms with Gasteiger partial charge >= 0.3 is 5.97 Å². The van der Waals surface area contributed by atoms with Crippen LogP contribution in [-0.2, 0) is 22.6 Å². The minimum Gasteiger partial charge on any atom is -0.465 e. The van der Waals surface area contributed by atoms with E-state index in [9.17, 15) is 4.79 Å². The molecule has 0 amide bonds. The molecule has 2 aromatic heterocycles. The fourth-order valence-corrected chi connectivity index (χ4v) is 4.42. The van der Waals surface area contributed by atoms with Gasteiger partial charge in [0.15, 0.2) is 0 Å². The molecule has 0 unspecified atom stereocenters. The van der Waals surface area contributed by atoms with Crippen molar-refractivity contribution in [2.75, 3.05) is 25.0 Å². The van der Waals surface area contributed by atoms with E-state index in [0.29, 0.717) is 25.0 Å². The Morgan fingerprint density at radius 2 is 2.03 bits per heavy atom.